The molecule has 1 amide bonds. The summed E-state index contributed by atoms with van der Waals surface area (Å²) in [6.45, 7) is 4.71. The van der Waals surface area contributed by atoms with Crippen LogP contribution in [0.4, 0.5) is 5.13 Å². The Morgan fingerprint density at radius 1 is 1.23 bits per heavy atom. The highest BCUT2D eigenvalue weighted by molar-refractivity contribution is 7.16. The first-order chi connectivity index (χ1) is 15.0. The van der Waals surface area contributed by atoms with Gasteiger partial charge in [0.25, 0.3) is 5.91 Å². The van der Waals surface area contributed by atoms with E-state index in [0.717, 1.165) is 40.3 Å². The van der Waals surface area contributed by atoms with Gasteiger partial charge in [0.05, 0.1) is 12.3 Å². The molecule has 1 aromatic heterocycles. The van der Waals surface area contributed by atoms with Crippen LogP contribution in [0.15, 0.2) is 54.1 Å². The molecular formula is C24H22ClN3O2S. The lowest BCUT2D eigenvalue weighted by Crippen LogP contribution is -2.13. The molecular weight excluding hydrogens is 430 g/mol. The first-order valence-corrected chi connectivity index (χ1v) is 11.1. The number of nitrogens with one attached hydrogen (secondary N) is 1. The van der Waals surface area contributed by atoms with Crippen LogP contribution in [0.5, 0.6) is 5.75 Å². The van der Waals surface area contributed by atoms with Crippen LogP contribution >= 0.6 is 22.9 Å². The van der Waals surface area contributed by atoms with Crippen LogP contribution in [0.25, 0.3) is 17.3 Å². The Labute approximate surface area is 191 Å². The predicted octanol–water partition coefficient (Wildman–Crippen LogP) is 6.50. The van der Waals surface area contributed by atoms with E-state index < -0.39 is 5.91 Å². The average Bonchev–Trinajstić information content (AvgIpc) is 3.13. The van der Waals surface area contributed by atoms with Gasteiger partial charge in [0, 0.05) is 15.5 Å². The van der Waals surface area contributed by atoms with E-state index in [4.69, 9.17) is 16.3 Å². The quantitative estimate of drug-likeness (QED) is 0.241. The maximum absolute atomic E-state index is 12.6. The molecule has 0 bridgehead atoms. The molecule has 0 aliphatic carbocycles. The Bertz CT molecular complexity index is 1110. The van der Waals surface area contributed by atoms with Crippen LogP contribution in [-0.4, -0.2) is 17.5 Å². The number of benzene rings is 2. The molecule has 31 heavy (non-hydrogen) atoms. The molecule has 0 saturated heterocycles. The number of amides is 1. The number of nitrogens with zero attached hydrogens (tertiary/aromatic N) is 2. The number of unbranched alkanes of at least 4 members (excludes halogenated alkanes) is 1. The van der Waals surface area contributed by atoms with Crippen molar-refractivity contribution in [2.24, 2.45) is 0 Å². The highest BCUT2D eigenvalue weighted by atomic mass is 35.5. The van der Waals surface area contributed by atoms with Crippen LogP contribution in [0, 0.1) is 18.3 Å². The number of carbonyl (C=O) groups excluding carboxylic acids is 1. The number of rotatable bonds is 8. The van der Waals surface area contributed by atoms with Crippen molar-refractivity contribution in [3.63, 3.8) is 0 Å². The molecule has 0 fully saturated rings. The number of ether oxygens (including phenoxy) is 1. The van der Waals surface area contributed by atoms with Crippen LogP contribution in [0.2, 0.25) is 5.02 Å². The molecule has 1 N–H and O–H groups in total. The Morgan fingerprint density at radius 2 is 1.94 bits per heavy atom. The highest BCUT2D eigenvalue weighted by Crippen LogP contribution is 2.31. The van der Waals surface area contributed by atoms with Gasteiger partial charge in [-0.3, -0.25) is 10.1 Å². The van der Waals surface area contributed by atoms with E-state index in [1.165, 1.54) is 11.3 Å². The van der Waals surface area contributed by atoms with E-state index in [2.05, 4.69) is 17.2 Å². The summed E-state index contributed by atoms with van der Waals surface area (Å²) >= 11 is 7.31. The van der Waals surface area contributed by atoms with Gasteiger partial charge in [0.2, 0.25) is 0 Å². The first kappa shape index (κ1) is 22.5. The fourth-order valence-electron chi connectivity index (χ4n) is 2.80. The SMILES string of the molecule is CCCCOc1ccc(/C=C(\C#N)C(=O)Nc2nc(-c3ccc(Cl)cc3)c(C)s2)cc1. The van der Waals surface area contributed by atoms with Crippen LogP contribution in [0.1, 0.15) is 30.2 Å². The third-order valence-corrected chi connectivity index (χ3v) is 5.60. The molecule has 0 radical (unpaired) electrons. The van der Waals surface area contributed by atoms with Gasteiger partial charge >= 0.3 is 0 Å². The van der Waals surface area contributed by atoms with Crippen molar-refractivity contribution < 1.29 is 9.53 Å². The van der Waals surface area contributed by atoms with Crippen LogP contribution < -0.4 is 10.1 Å². The molecule has 0 spiro atoms. The second-order valence-corrected chi connectivity index (χ2v) is 8.47. The molecule has 2 aromatic carbocycles. The Morgan fingerprint density at radius 3 is 2.58 bits per heavy atom. The number of aryl methyl sites for hydroxylation is 1. The molecule has 0 aliphatic rings. The minimum absolute atomic E-state index is 0.000507. The maximum Gasteiger partial charge on any atom is 0.268 e. The highest BCUT2D eigenvalue weighted by Gasteiger charge is 2.15. The fourth-order valence-corrected chi connectivity index (χ4v) is 3.76. The normalized spacial score (nSPS) is 11.1. The molecule has 158 valence electrons. The van der Waals surface area contributed by atoms with E-state index in [-0.39, 0.29) is 5.57 Å². The summed E-state index contributed by atoms with van der Waals surface area (Å²) < 4.78 is 5.64. The number of hydrogen-bond acceptors (Lipinski definition) is 5. The van der Waals surface area contributed by atoms with E-state index in [1.54, 1.807) is 18.2 Å². The first-order valence-electron chi connectivity index (χ1n) is 9.89. The van der Waals surface area contributed by atoms with Crippen molar-refractivity contribution in [2.45, 2.75) is 26.7 Å². The number of halogens is 1. The van der Waals surface area contributed by atoms with Gasteiger partial charge in [-0.05, 0) is 49.2 Å². The monoisotopic (exact) mass is 451 g/mol. The molecule has 1 heterocycles. The zero-order valence-corrected chi connectivity index (χ0v) is 18.9. The lowest BCUT2D eigenvalue weighted by molar-refractivity contribution is -0.112. The van der Waals surface area contributed by atoms with E-state index in [1.807, 2.05) is 49.4 Å². The standard InChI is InChI=1S/C24H22ClN3O2S/c1-3-4-13-30-21-11-5-17(6-12-21)14-19(15-26)23(29)28-24-27-22(16(2)31-24)18-7-9-20(25)10-8-18/h5-12,14H,3-4,13H2,1-2H3,(H,27,28,29)/b19-14+. The number of nitriles is 1. The van der Waals surface area contributed by atoms with E-state index in [9.17, 15) is 10.1 Å². The maximum atomic E-state index is 12.6. The smallest absolute Gasteiger partial charge is 0.268 e. The molecule has 5 nitrogen and oxygen atoms in total. The fraction of sp³-hybridized carbons (Fsp3) is 0.208. The van der Waals surface area contributed by atoms with Crippen molar-refractivity contribution in [2.75, 3.05) is 11.9 Å². The summed E-state index contributed by atoms with van der Waals surface area (Å²) in [5.74, 6) is 0.267. The predicted molar refractivity (Wildman–Crippen MR) is 126 cm³/mol. The third kappa shape index (κ3) is 6.17. The Kier molecular flexibility index (Phi) is 7.82. The Hall–Kier alpha value is -3.14. The minimum atomic E-state index is -0.498. The summed E-state index contributed by atoms with van der Waals surface area (Å²) in [6, 6.07) is 16.6. The van der Waals surface area contributed by atoms with E-state index >= 15 is 0 Å². The zero-order valence-electron chi connectivity index (χ0n) is 17.3. The van der Waals surface area contributed by atoms with Crippen LogP contribution in [-0.2, 0) is 4.79 Å². The van der Waals surface area contributed by atoms with Gasteiger partial charge in [-0.2, -0.15) is 5.26 Å². The van der Waals surface area contributed by atoms with Crippen molar-refractivity contribution in [1.29, 1.82) is 5.26 Å². The third-order valence-electron chi connectivity index (χ3n) is 4.46. The van der Waals surface area contributed by atoms with Gasteiger partial charge in [-0.15, -0.1) is 11.3 Å². The van der Waals surface area contributed by atoms with Gasteiger partial charge in [0.15, 0.2) is 5.13 Å². The lowest BCUT2D eigenvalue weighted by Gasteiger charge is -2.05. The Balaban J connectivity index is 1.70. The van der Waals surface area contributed by atoms with Crippen molar-refractivity contribution in [3.8, 4) is 23.1 Å². The molecule has 0 aliphatic heterocycles. The number of thiazole rings is 1. The number of hydrogen-bond donors (Lipinski definition) is 1. The average molecular weight is 452 g/mol. The van der Waals surface area contributed by atoms with Crippen molar-refractivity contribution in [1.82, 2.24) is 4.98 Å². The summed E-state index contributed by atoms with van der Waals surface area (Å²) in [5, 5.41) is 13.3. The van der Waals surface area contributed by atoms with Crippen molar-refractivity contribution in [3.05, 3.63) is 69.6 Å². The summed E-state index contributed by atoms with van der Waals surface area (Å²) in [6.07, 6.45) is 3.61. The molecule has 3 aromatic rings. The second-order valence-electron chi connectivity index (χ2n) is 6.83. The van der Waals surface area contributed by atoms with Gasteiger partial charge in [-0.25, -0.2) is 4.98 Å². The van der Waals surface area contributed by atoms with E-state index in [0.29, 0.717) is 16.8 Å². The van der Waals surface area contributed by atoms with Crippen LogP contribution in [0.3, 0.4) is 0 Å². The largest absolute Gasteiger partial charge is 0.494 e. The zero-order chi connectivity index (χ0) is 22.2. The minimum Gasteiger partial charge on any atom is -0.494 e. The lowest BCUT2D eigenvalue weighted by atomic mass is 10.1. The summed E-state index contributed by atoms with van der Waals surface area (Å²) in [4.78, 5) is 18.1. The second kappa shape index (κ2) is 10.8. The van der Waals surface area contributed by atoms with Gasteiger partial charge < -0.3 is 4.74 Å². The summed E-state index contributed by atoms with van der Waals surface area (Å²) in [5.41, 5.74) is 2.43. The number of carbonyl (C=O) groups is 1. The molecule has 0 saturated carbocycles. The number of anilines is 1. The molecule has 7 heteroatoms. The summed E-state index contributed by atoms with van der Waals surface area (Å²) in [7, 11) is 0. The molecule has 0 unspecified atom stereocenters. The number of aromatic nitrogens is 1. The van der Waals surface area contributed by atoms with Gasteiger partial charge in [-0.1, -0.05) is 49.2 Å². The van der Waals surface area contributed by atoms with Crippen molar-refractivity contribution >= 4 is 40.1 Å². The topological polar surface area (TPSA) is 75.0 Å². The van der Waals surface area contributed by atoms with Gasteiger partial charge in [0.1, 0.15) is 17.4 Å². The molecule has 3 rings (SSSR count). The molecule has 0 atom stereocenters.